The topological polar surface area (TPSA) is 88.8 Å². The van der Waals surface area contributed by atoms with E-state index in [1.165, 1.54) is 11.1 Å². The Hall–Kier alpha value is -2.08. The molecule has 160 valence electrons. The first-order valence-electron chi connectivity index (χ1n) is 9.38. The predicted octanol–water partition coefficient (Wildman–Crippen LogP) is 1.17. The second-order valence-corrected chi connectivity index (χ2v) is 6.65. The summed E-state index contributed by atoms with van der Waals surface area (Å²) in [6, 6.07) is 4.19. The number of aryl methyl sites for hydroxylation is 1. The van der Waals surface area contributed by atoms with E-state index in [1.54, 1.807) is 32.3 Å². The lowest BCUT2D eigenvalue weighted by atomic mass is 9.99. The minimum absolute atomic E-state index is 0. The molecule has 1 aliphatic rings. The van der Waals surface area contributed by atoms with Crippen molar-refractivity contribution in [1.82, 2.24) is 30.3 Å². The van der Waals surface area contributed by atoms with Gasteiger partial charge in [0.2, 0.25) is 0 Å². The van der Waals surface area contributed by atoms with Gasteiger partial charge in [0, 0.05) is 40.3 Å². The van der Waals surface area contributed by atoms with Crippen molar-refractivity contribution in [3.8, 4) is 11.5 Å². The number of nitrogens with one attached hydrogen (secondary N) is 2. The standard InChI is InChI=1S/C19H29N7O2.HI/c1-20-19(22-11-18-23-13-24-25(18)2)21-6-8-26-7-5-14-9-16(27-3)17(28-4)10-15(14)12-26;/h9-10,13H,5-8,11-12H2,1-4H3,(H2,20,21,22);1H. The molecule has 2 aromatic rings. The molecule has 2 heterocycles. The normalized spacial score (nSPS) is 14.0. The second-order valence-electron chi connectivity index (χ2n) is 6.65. The molecule has 0 saturated carbocycles. The zero-order chi connectivity index (χ0) is 19.9. The lowest BCUT2D eigenvalue weighted by Crippen LogP contribution is -2.42. The third-order valence-corrected chi connectivity index (χ3v) is 4.96. The number of aliphatic imine (C=N–C) groups is 1. The fourth-order valence-electron chi connectivity index (χ4n) is 3.33. The Balaban J connectivity index is 0.00000300. The van der Waals surface area contributed by atoms with Gasteiger partial charge in [-0.1, -0.05) is 0 Å². The number of halogens is 1. The van der Waals surface area contributed by atoms with E-state index in [0.717, 1.165) is 55.9 Å². The summed E-state index contributed by atoms with van der Waals surface area (Å²) >= 11 is 0. The fourth-order valence-corrected chi connectivity index (χ4v) is 3.33. The Bertz CT molecular complexity index is 825. The van der Waals surface area contributed by atoms with Crippen LogP contribution < -0.4 is 20.1 Å². The van der Waals surface area contributed by atoms with Gasteiger partial charge < -0.3 is 20.1 Å². The van der Waals surface area contributed by atoms with E-state index < -0.39 is 0 Å². The highest BCUT2D eigenvalue weighted by molar-refractivity contribution is 14.0. The molecule has 0 atom stereocenters. The number of aromatic nitrogens is 3. The van der Waals surface area contributed by atoms with Crippen LogP contribution in [0.25, 0.3) is 0 Å². The lowest BCUT2D eigenvalue weighted by molar-refractivity contribution is 0.256. The quantitative estimate of drug-likeness (QED) is 0.325. The monoisotopic (exact) mass is 515 g/mol. The zero-order valence-corrected chi connectivity index (χ0v) is 19.8. The molecular formula is C19H30IN7O2. The van der Waals surface area contributed by atoms with Crippen molar-refractivity contribution in [3.05, 3.63) is 35.4 Å². The zero-order valence-electron chi connectivity index (χ0n) is 17.4. The number of hydrogen-bond acceptors (Lipinski definition) is 6. The van der Waals surface area contributed by atoms with Gasteiger partial charge in [-0.05, 0) is 29.7 Å². The maximum atomic E-state index is 5.44. The van der Waals surface area contributed by atoms with Gasteiger partial charge in [0.25, 0.3) is 0 Å². The van der Waals surface area contributed by atoms with E-state index in [0.29, 0.717) is 6.54 Å². The van der Waals surface area contributed by atoms with Crippen molar-refractivity contribution in [2.45, 2.75) is 19.5 Å². The first kappa shape index (κ1) is 23.2. The summed E-state index contributed by atoms with van der Waals surface area (Å²) in [5.74, 6) is 3.20. The summed E-state index contributed by atoms with van der Waals surface area (Å²) in [5.41, 5.74) is 2.64. The second kappa shape index (κ2) is 11.2. The highest BCUT2D eigenvalue weighted by Crippen LogP contribution is 2.33. The molecule has 1 aromatic heterocycles. The van der Waals surface area contributed by atoms with Crippen LogP contribution in [0.4, 0.5) is 0 Å². The van der Waals surface area contributed by atoms with Gasteiger partial charge in [-0.2, -0.15) is 5.10 Å². The van der Waals surface area contributed by atoms with Crippen molar-refractivity contribution in [2.24, 2.45) is 12.0 Å². The van der Waals surface area contributed by atoms with Crippen molar-refractivity contribution in [2.75, 3.05) is 40.9 Å². The summed E-state index contributed by atoms with van der Waals surface area (Å²) in [6.07, 6.45) is 2.56. The SMILES string of the molecule is CN=C(NCCN1CCc2cc(OC)c(OC)cc2C1)NCc1ncnn1C.I. The predicted molar refractivity (Wildman–Crippen MR) is 123 cm³/mol. The molecule has 0 bridgehead atoms. The molecule has 0 radical (unpaired) electrons. The van der Waals surface area contributed by atoms with Crippen LogP contribution in [0.1, 0.15) is 17.0 Å². The average Bonchev–Trinajstić information content (AvgIpc) is 3.14. The number of nitrogens with zero attached hydrogens (tertiary/aromatic N) is 5. The number of guanidine groups is 1. The summed E-state index contributed by atoms with van der Waals surface area (Å²) in [4.78, 5) is 10.9. The molecule has 1 aliphatic heterocycles. The largest absolute Gasteiger partial charge is 0.493 e. The Kier molecular flexibility index (Phi) is 8.96. The average molecular weight is 515 g/mol. The maximum absolute atomic E-state index is 5.44. The van der Waals surface area contributed by atoms with Crippen molar-refractivity contribution < 1.29 is 9.47 Å². The Morgan fingerprint density at radius 2 is 1.90 bits per heavy atom. The van der Waals surface area contributed by atoms with E-state index in [1.807, 2.05) is 7.05 Å². The third-order valence-electron chi connectivity index (χ3n) is 4.96. The minimum atomic E-state index is 0. The molecule has 3 rings (SSSR count). The van der Waals surface area contributed by atoms with E-state index in [-0.39, 0.29) is 24.0 Å². The van der Waals surface area contributed by atoms with E-state index in [2.05, 4.69) is 42.7 Å². The molecule has 10 heteroatoms. The van der Waals surface area contributed by atoms with Gasteiger partial charge in [0.1, 0.15) is 12.2 Å². The molecule has 29 heavy (non-hydrogen) atoms. The van der Waals surface area contributed by atoms with Crippen LogP contribution in [-0.4, -0.2) is 66.5 Å². The van der Waals surface area contributed by atoms with Crippen LogP contribution >= 0.6 is 24.0 Å². The van der Waals surface area contributed by atoms with E-state index in [9.17, 15) is 0 Å². The number of ether oxygens (including phenoxy) is 2. The molecule has 0 spiro atoms. The molecule has 9 nitrogen and oxygen atoms in total. The van der Waals surface area contributed by atoms with Gasteiger partial charge in [0.15, 0.2) is 17.5 Å². The van der Waals surface area contributed by atoms with Crippen molar-refractivity contribution >= 4 is 29.9 Å². The molecule has 0 unspecified atom stereocenters. The van der Waals surface area contributed by atoms with Crippen molar-refractivity contribution in [3.63, 3.8) is 0 Å². The first-order chi connectivity index (χ1) is 13.6. The number of fused-ring (bicyclic) bond motifs is 1. The summed E-state index contributed by atoms with van der Waals surface area (Å²) < 4.78 is 12.6. The lowest BCUT2D eigenvalue weighted by Gasteiger charge is -2.29. The molecule has 0 saturated heterocycles. The first-order valence-corrected chi connectivity index (χ1v) is 9.38. The maximum Gasteiger partial charge on any atom is 0.191 e. The Morgan fingerprint density at radius 3 is 2.52 bits per heavy atom. The van der Waals surface area contributed by atoms with Crippen LogP contribution in [0, 0.1) is 0 Å². The van der Waals surface area contributed by atoms with Crippen LogP contribution in [0.15, 0.2) is 23.5 Å². The van der Waals surface area contributed by atoms with Gasteiger partial charge in [0.05, 0.1) is 20.8 Å². The number of methoxy groups -OCH3 is 2. The molecule has 1 aromatic carbocycles. The molecule has 0 fully saturated rings. The van der Waals surface area contributed by atoms with E-state index >= 15 is 0 Å². The molecule has 2 N–H and O–H groups in total. The van der Waals surface area contributed by atoms with Gasteiger partial charge >= 0.3 is 0 Å². The van der Waals surface area contributed by atoms with Gasteiger partial charge in [-0.3, -0.25) is 14.6 Å². The van der Waals surface area contributed by atoms with E-state index in [4.69, 9.17) is 9.47 Å². The van der Waals surface area contributed by atoms with Crippen molar-refractivity contribution in [1.29, 1.82) is 0 Å². The van der Waals surface area contributed by atoms with Crippen LogP contribution in [0.2, 0.25) is 0 Å². The minimum Gasteiger partial charge on any atom is -0.493 e. The summed E-state index contributed by atoms with van der Waals surface area (Å²) in [5, 5.41) is 10.7. The highest BCUT2D eigenvalue weighted by Gasteiger charge is 2.19. The smallest absolute Gasteiger partial charge is 0.191 e. The van der Waals surface area contributed by atoms with Gasteiger partial charge in [-0.15, -0.1) is 24.0 Å². The summed E-state index contributed by atoms with van der Waals surface area (Å²) in [7, 11) is 6.99. The van der Waals surface area contributed by atoms with Crippen LogP contribution in [-0.2, 0) is 26.6 Å². The Labute approximate surface area is 188 Å². The molecule has 0 aliphatic carbocycles. The van der Waals surface area contributed by atoms with Crippen LogP contribution in [0.5, 0.6) is 11.5 Å². The number of hydrogen-bond donors (Lipinski definition) is 2. The Morgan fingerprint density at radius 1 is 1.17 bits per heavy atom. The van der Waals surface area contributed by atoms with Gasteiger partial charge in [-0.25, -0.2) is 4.98 Å². The molecular weight excluding hydrogens is 485 g/mol. The third kappa shape index (κ3) is 5.95. The van der Waals surface area contributed by atoms with Crippen LogP contribution in [0.3, 0.4) is 0 Å². The number of benzene rings is 1. The fraction of sp³-hybridized carbons (Fsp3) is 0.526. The summed E-state index contributed by atoms with van der Waals surface area (Å²) in [6.45, 7) is 4.24. The highest BCUT2D eigenvalue weighted by atomic mass is 127. The molecule has 0 amide bonds. The number of rotatable bonds is 7.